The number of halogens is 3. The molecule has 2 amide bonds. The Bertz CT molecular complexity index is 969. The van der Waals surface area contributed by atoms with Crippen LogP contribution in [-0.2, 0) is 17.5 Å². The molecule has 0 aliphatic heterocycles. The zero-order valence-corrected chi connectivity index (χ0v) is 15.9. The van der Waals surface area contributed by atoms with Crippen LogP contribution in [0, 0.1) is 0 Å². The van der Waals surface area contributed by atoms with Crippen molar-refractivity contribution in [3.63, 3.8) is 0 Å². The summed E-state index contributed by atoms with van der Waals surface area (Å²) >= 11 is 0. The van der Waals surface area contributed by atoms with Gasteiger partial charge < -0.3 is 14.6 Å². The lowest BCUT2D eigenvalue weighted by molar-refractivity contribution is -0.137. The quantitative estimate of drug-likeness (QED) is 0.592. The van der Waals surface area contributed by atoms with E-state index in [0.717, 1.165) is 17.7 Å². The van der Waals surface area contributed by atoms with Crippen LogP contribution in [0.1, 0.15) is 28.1 Å². The van der Waals surface area contributed by atoms with Crippen molar-refractivity contribution in [3.05, 3.63) is 89.9 Å². The molecule has 3 aromatic rings. The minimum Gasteiger partial charge on any atom is -0.459 e. The summed E-state index contributed by atoms with van der Waals surface area (Å²) in [5.41, 5.74) is 0.346. The number of rotatable bonds is 7. The lowest BCUT2D eigenvalue weighted by atomic mass is 10.2. The van der Waals surface area contributed by atoms with Gasteiger partial charge in [0, 0.05) is 25.2 Å². The molecule has 1 heterocycles. The Morgan fingerprint density at radius 3 is 2.23 bits per heavy atom. The second-order valence-corrected chi connectivity index (χ2v) is 6.56. The van der Waals surface area contributed by atoms with Gasteiger partial charge in [-0.3, -0.25) is 9.59 Å². The van der Waals surface area contributed by atoms with Crippen LogP contribution in [0.3, 0.4) is 0 Å². The monoisotopic (exact) mass is 416 g/mol. The summed E-state index contributed by atoms with van der Waals surface area (Å²) in [5, 5.41) is 2.55. The number of amides is 2. The maximum atomic E-state index is 12.7. The van der Waals surface area contributed by atoms with Crippen LogP contribution in [-0.4, -0.2) is 23.3 Å². The van der Waals surface area contributed by atoms with Crippen molar-refractivity contribution < 1.29 is 27.2 Å². The number of benzene rings is 2. The van der Waals surface area contributed by atoms with Crippen LogP contribution < -0.4 is 5.32 Å². The zero-order valence-electron chi connectivity index (χ0n) is 15.9. The van der Waals surface area contributed by atoms with Crippen molar-refractivity contribution >= 4 is 17.5 Å². The van der Waals surface area contributed by atoms with Gasteiger partial charge in [-0.05, 0) is 42.0 Å². The van der Waals surface area contributed by atoms with Gasteiger partial charge in [-0.25, -0.2) is 0 Å². The van der Waals surface area contributed by atoms with E-state index in [2.05, 4.69) is 5.32 Å². The van der Waals surface area contributed by atoms with Gasteiger partial charge in [0.05, 0.1) is 11.8 Å². The number of carbonyl (C=O) groups excluding carboxylic acids is 2. The van der Waals surface area contributed by atoms with Crippen LogP contribution >= 0.6 is 0 Å². The van der Waals surface area contributed by atoms with Crippen LogP contribution in [0.25, 0.3) is 0 Å². The fourth-order valence-electron chi connectivity index (χ4n) is 2.81. The second kappa shape index (κ2) is 9.30. The number of hydrogen-bond donors (Lipinski definition) is 1. The zero-order chi connectivity index (χ0) is 21.6. The summed E-state index contributed by atoms with van der Waals surface area (Å²) in [5.74, 6) is -0.611. The number of anilines is 1. The Morgan fingerprint density at radius 1 is 0.933 bits per heavy atom. The third kappa shape index (κ3) is 5.73. The lowest BCUT2D eigenvalue weighted by Crippen LogP contribution is -2.33. The number of nitrogens with zero attached hydrogens (tertiary/aromatic N) is 1. The Labute approximate surface area is 171 Å². The van der Waals surface area contributed by atoms with Gasteiger partial charge in [-0.1, -0.05) is 30.3 Å². The van der Waals surface area contributed by atoms with Crippen molar-refractivity contribution in [2.75, 3.05) is 11.9 Å². The van der Waals surface area contributed by atoms with Crippen LogP contribution in [0.15, 0.2) is 77.4 Å². The summed E-state index contributed by atoms with van der Waals surface area (Å²) < 4.78 is 43.1. The molecule has 8 heteroatoms. The van der Waals surface area contributed by atoms with Crippen molar-refractivity contribution in [1.82, 2.24) is 4.90 Å². The molecule has 30 heavy (non-hydrogen) atoms. The Morgan fingerprint density at radius 2 is 1.63 bits per heavy atom. The SMILES string of the molecule is O=C(CCN(Cc1ccccc1)C(=O)c1ccco1)Nc1ccc(C(F)(F)F)cc1. The molecular weight excluding hydrogens is 397 g/mol. The molecule has 0 saturated heterocycles. The molecule has 0 aliphatic rings. The average molecular weight is 416 g/mol. The third-order valence-electron chi connectivity index (χ3n) is 4.34. The Balaban J connectivity index is 1.63. The molecule has 0 fully saturated rings. The van der Waals surface area contributed by atoms with Crippen molar-refractivity contribution in [2.24, 2.45) is 0 Å². The summed E-state index contributed by atoms with van der Waals surface area (Å²) in [4.78, 5) is 26.5. The molecule has 0 atom stereocenters. The first kappa shape index (κ1) is 21.2. The molecule has 0 aliphatic carbocycles. The first-order chi connectivity index (χ1) is 14.3. The van der Waals surface area contributed by atoms with Crippen molar-refractivity contribution in [1.29, 1.82) is 0 Å². The number of alkyl halides is 3. The summed E-state index contributed by atoms with van der Waals surface area (Å²) in [6.07, 6.45) is -3.07. The molecule has 3 rings (SSSR count). The van der Waals surface area contributed by atoms with Gasteiger partial charge in [-0.15, -0.1) is 0 Å². The highest BCUT2D eigenvalue weighted by Crippen LogP contribution is 2.29. The first-order valence-corrected chi connectivity index (χ1v) is 9.17. The van der Waals surface area contributed by atoms with E-state index in [1.54, 1.807) is 12.1 Å². The largest absolute Gasteiger partial charge is 0.459 e. The smallest absolute Gasteiger partial charge is 0.416 e. The number of furan rings is 1. The molecule has 0 radical (unpaired) electrons. The summed E-state index contributed by atoms with van der Waals surface area (Å²) in [6, 6.07) is 16.6. The molecule has 1 N–H and O–H groups in total. The average Bonchev–Trinajstić information content (AvgIpc) is 3.26. The van der Waals surface area contributed by atoms with E-state index in [1.165, 1.54) is 23.3 Å². The summed E-state index contributed by atoms with van der Waals surface area (Å²) in [7, 11) is 0. The van der Waals surface area contributed by atoms with Crippen molar-refractivity contribution in [3.8, 4) is 0 Å². The highest BCUT2D eigenvalue weighted by atomic mass is 19.4. The molecule has 0 bridgehead atoms. The number of hydrogen-bond acceptors (Lipinski definition) is 3. The molecule has 5 nitrogen and oxygen atoms in total. The fourth-order valence-corrected chi connectivity index (χ4v) is 2.81. The predicted molar refractivity (Wildman–Crippen MR) is 105 cm³/mol. The third-order valence-corrected chi connectivity index (χ3v) is 4.34. The molecule has 0 saturated carbocycles. The summed E-state index contributed by atoms with van der Waals surface area (Å²) in [6.45, 7) is 0.398. The van der Waals surface area contributed by atoms with Gasteiger partial charge in [0.25, 0.3) is 5.91 Å². The van der Waals surface area contributed by atoms with E-state index in [4.69, 9.17) is 4.42 Å². The molecule has 0 unspecified atom stereocenters. The van der Waals surface area contributed by atoms with E-state index >= 15 is 0 Å². The maximum absolute atomic E-state index is 12.7. The Kier molecular flexibility index (Phi) is 6.56. The Hall–Kier alpha value is -3.55. The molecule has 2 aromatic carbocycles. The number of carbonyl (C=O) groups is 2. The van der Waals surface area contributed by atoms with Gasteiger partial charge >= 0.3 is 6.18 Å². The highest BCUT2D eigenvalue weighted by Gasteiger charge is 2.30. The minimum absolute atomic E-state index is 0.0275. The van der Waals surface area contributed by atoms with Gasteiger partial charge in [0.2, 0.25) is 5.91 Å². The van der Waals surface area contributed by atoms with Gasteiger partial charge in [-0.2, -0.15) is 13.2 Å². The highest BCUT2D eigenvalue weighted by molar-refractivity contribution is 5.93. The predicted octanol–water partition coefficient (Wildman–Crippen LogP) is 4.97. The van der Waals surface area contributed by atoms with Crippen LogP contribution in [0.4, 0.5) is 18.9 Å². The molecule has 0 spiro atoms. The molecule has 1 aromatic heterocycles. The van der Waals surface area contributed by atoms with Gasteiger partial charge in [0.15, 0.2) is 5.76 Å². The van der Waals surface area contributed by atoms with Crippen molar-refractivity contribution in [2.45, 2.75) is 19.1 Å². The molecular formula is C22H19F3N2O3. The first-order valence-electron chi connectivity index (χ1n) is 9.17. The van der Waals surface area contributed by atoms with Crippen LogP contribution in [0.5, 0.6) is 0 Å². The normalized spacial score (nSPS) is 11.2. The standard InChI is InChI=1S/C22H19F3N2O3/c23-22(24,25)17-8-10-18(11-9-17)26-20(28)12-13-27(15-16-5-2-1-3-6-16)21(29)19-7-4-14-30-19/h1-11,14H,12-13,15H2,(H,26,28). The van der Waals surface area contributed by atoms with Crippen LogP contribution in [0.2, 0.25) is 0 Å². The maximum Gasteiger partial charge on any atom is 0.416 e. The minimum atomic E-state index is -4.44. The number of nitrogens with one attached hydrogen (secondary N) is 1. The van der Waals surface area contributed by atoms with E-state index in [-0.39, 0.29) is 36.9 Å². The topological polar surface area (TPSA) is 62.6 Å². The molecule has 156 valence electrons. The lowest BCUT2D eigenvalue weighted by Gasteiger charge is -2.21. The fraction of sp³-hybridized carbons (Fsp3) is 0.182. The van der Waals surface area contributed by atoms with E-state index in [9.17, 15) is 22.8 Å². The second-order valence-electron chi connectivity index (χ2n) is 6.56. The van der Waals surface area contributed by atoms with Gasteiger partial charge in [0.1, 0.15) is 0 Å². The van der Waals surface area contributed by atoms with E-state index < -0.39 is 17.6 Å². The van der Waals surface area contributed by atoms with E-state index in [1.807, 2.05) is 30.3 Å². The van der Waals surface area contributed by atoms with E-state index in [0.29, 0.717) is 0 Å².